The van der Waals surface area contributed by atoms with Gasteiger partial charge in [-0.05, 0) is 38.1 Å². The second-order valence-electron chi connectivity index (χ2n) is 4.17. The SMILES string of the molecule is CC(C)NC(=O)CN(C)c1ccc(N)cc1. The van der Waals surface area contributed by atoms with Crippen LogP contribution in [0.15, 0.2) is 24.3 Å². The molecule has 0 spiro atoms. The van der Waals surface area contributed by atoms with Crippen molar-refractivity contribution in [1.82, 2.24) is 5.32 Å². The number of amides is 1. The summed E-state index contributed by atoms with van der Waals surface area (Å²) in [5.74, 6) is 0.0225. The maximum absolute atomic E-state index is 11.5. The van der Waals surface area contributed by atoms with Gasteiger partial charge in [-0.25, -0.2) is 0 Å². The Balaban J connectivity index is 2.55. The molecule has 0 aliphatic carbocycles. The molecule has 0 saturated heterocycles. The lowest BCUT2D eigenvalue weighted by molar-refractivity contribution is -0.120. The lowest BCUT2D eigenvalue weighted by atomic mass is 10.2. The molecule has 0 unspecified atom stereocenters. The number of hydrogen-bond donors (Lipinski definition) is 2. The highest BCUT2D eigenvalue weighted by Gasteiger charge is 2.07. The van der Waals surface area contributed by atoms with Gasteiger partial charge in [-0.15, -0.1) is 0 Å². The summed E-state index contributed by atoms with van der Waals surface area (Å²) in [5, 5.41) is 2.85. The Kier molecular flexibility index (Phi) is 4.17. The number of hydrogen-bond acceptors (Lipinski definition) is 3. The van der Waals surface area contributed by atoms with E-state index in [0.29, 0.717) is 6.54 Å². The summed E-state index contributed by atoms with van der Waals surface area (Å²) in [4.78, 5) is 13.4. The maximum Gasteiger partial charge on any atom is 0.239 e. The fourth-order valence-corrected chi connectivity index (χ4v) is 1.40. The minimum Gasteiger partial charge on any atom is -0.399 e. The van der Waals surface area contributed by atoms with Crippen molar-refractivity contribution < 1.29 is 4.79 Å². The molecule has 16 heavy (non-hydrogen) atoms. The topological polar surface area (TPSA) is 58.4 Å². The number of nitrogens with two attached hydrogens (primary N) is 1. The smallest absolute Gasteiger partial charge is 0.239 e. The number of likely N-dealkylation sites (N-methyl/N-ethyl adjacent to an activating group) is 1. The van der Waals surface area contributed by atoms with E-state index in [0.717, 1.165) is 11.4 Å². The molecule has 0 heterocycles. The molecule has 88 valence electrons. The van der Waals surface area contributed by atoms with Crippen LogP contribution in [0.5, 0.6) is 0 Å². The number of anilines is 2. The number of nitrogen functional groups attached to an aromatic ring is 1. The monoisotopic (exact) mass is 221 g/mol. The van der Waals surface area contributed by atoms with Crippen LogP contribution >= 0.6 is 0 Å². The molecule has 0 aliphatic rings. The van der Waals surface area contributed by atoms with Crippen molar-refractivity contribution in [1.29, 1.82) is 0 Å². The van der Waals surface area contributed by atoms with Crippen LogP contribution in [0.3, 0.4) is 0 Å². The van der Waals surface area contributed by atoms with Gasteiger partial charge >= 0.3 is 0 Å². The zero-order valence-electron chi connectivity index (χ0n) is 10.0. The van der Waals surface area contributed by atoms with Gasteiger partial charge in [0.2, 0.25) is 5.91 Å². The van der Waals surface area contributed by atoms with Gasteiger partial charge in [-0.1, -0.05) is 0 Å². The molecular formula is C12H19N3O. The first-order chi connectivity index (χ1) is 7.49. The Bertz CT molecular complexity index is 346. The maximum atomic E-state index is 11.5. The highest BCUT2D eigenvalue weighted by atomic mass is 16.2. The third kappa shape index (κ3) is 3.81. The molecule has 0 aromatic heterocycles. The summed E-state index contributed by atoms with van der Waals surface area (Å²) in [7, 11) is 1.88. The van der Waals surface area contributed by atoms with Gasteiger partial charge < -0.3 is 16.0 Å². The third-order valence-corrected chi connectivity index (χ3v) is 2.16. The van der Waals surface area contributed by atoms with Crippen molar-refractivity contribution in [3.63, 3.8) is 0 Å². The Labute approximate surface area is 96.4 Å². The quantitative estimate of drug-likeness (QED) is 0.752. The van der Waals surface area contributed by atoms with E-state index in [4.69, 9.17) is 5.73 Å². The molecule has 0 fully saturated rings. The molecule has 4 heteroatoms. The van der Waals surface area contributed by atoms with Crippen molar-refractivity contribution in [2.24, 2.45) is 0 Å². The summed E-state index contributed by atoms with van der Waals surface area (Å²) in [6, 6.07) is 7.63. The fourth-order valence-electron chi connectivity index (χ4n) is 1.40. The van der Waals surface area contributed by atoms with E-state index in [1.165, 1.54) is 0 Å². The van der Waals surface area contributed by atoms with Gasteiger partial charge in [0, 0.05) is 24.5 Å². The second kappa shape index (κ2) is 5.39. The predicted molar refractivity (Wildman–Crippen MR) is 67.4 cm³/mol. The summed E-state index contributed by atoms with van der Waals surface area (Å²) in [6.45, 7) is 4.24. The highest BCUT2D eigenvalue weighted by molar-refractivity contribution is 5.81. The number of carbonyl (C=O) groups excluding carboxylic acids is 1. The summed E-state index contributed by atoms with van der Waals surface area (Å²) >= 11 is 0. The van der Waals surface area contributed by atoms with E-state index >= 15 is 0 Å². The molecule has 0 radical (unpaired) electrons. The van der Waals surface area contributed by atoms with E-state index in [1.54, 1.807) is 0 Å². The molecule has 0 aliphatic heterocycles. The van der Waals surface area contributed by atoms with Gasteiger partial charge in [-0.3, -0.25) is 4.79 Å². The Morgan fingerprint density at radius 1 is 1.38 bits per heavy atom. The number of nitrogens with one attached hydrogen (secondary N) is 1. The number of benzene rings is 1. The Hall–Kier alpha value is -1.71. The van der Waals surface area contributed by atoms with Gasteiger partial charge in [0.25, 0.3) is 0 Å². The van der Waals surface area contributed by atoms with E-state index < -0.39 is 0 Å². The summed E-state index contributed by atoms with van der Waals surface area (Å²) < 4.78 is 0. The molecule has 1 amide bonds. The van der Waals surface area contributed by atoms with E-state index in [1.807, 2.05) is 50.1 Å². The average molecular weight is 221 g/mol. The Morgan fingerprint density at radius 2 is 1.94 bits per heavy atom. The lowest BCUT2D eigenvalue weighted by Crippen LogP contribution is -2.38. The van der Waals surface area contributed by atoms with Crippen LogP contribution in [0, 0.1) is 0 Å². The number of carbonyl (C=O) groups is 1. The largest absolute Gasteiger partial charge is 0.399 e. The molecule has 0 saturated carbocycles. The first-order valence-electron chi connectivity index (χ1n) is 5.35. The Morgan fingerprint density at radius 3 is 2.44 bits per heavy atom. The van der Waals surface area contributed by atoms with E-state index in [2.05, 4.69) is 5.32 Å². The minimum atomic E-state index is 0.0225. The van der Waals surface area contributed by atoms with Crippen LogP contribution in [-0.2, 0) is 4.79 Å². The zero-order chi connectivity index (χ0) is 12.1. The van der Waals surface area contributed by atoms with Crippen LogP contribution in [0.2, 0.25) is 0 Å². The van der Waals surface area contributed by atoms with Crippen molar-refractivity contribution in [2.45, 2.75) is 19.9 Å². The average Bonchev–Trinajstić information content (AvgIpc) is 2.16. The van der Waals surface area contributed by atoms with E-state index in [9.17, 15) is 4.79 Å². The van der Waals surface area contributed by atoms with Crippen LogP contribution in [0.4, 0.5) is 11.4 Å². The normalized spacial score (nSPS) is 10.2. The van der Waals surface area contributed by atoms with Crippen LogP contribution in [-0.4, -0.2) is 25.5 Å². The molecule has 0 bridgehead atoms. The van der Waals surface area contributed by atoms with Gasteiger partial charge in [0.05, 0.1) is 6.54 Å². The fraction of sp³-hybridized carbons (Fsp3) is 0.417. The van der Waals surface area contributed by atoms with Crippen LogP contribution in [0.25, 0.3) is 0 Å². The van der Waals surface area contributed by atoms with Crippen molar-refractivity contribution >= 4 is 17.3 Å². The number of nitrogens with zero attached hydrogens (tertiary/aromatic N) is 1. The molecule has 0 atom stereocenters. The molecule has 1 rings (SSSR count). The zero-order valence-corrected chi connectivity index (χ0v) is 10.0. The van der Waals surface area contributed by atoms with Crippen molar-refractivity contribution in [2.75, 3.05) is 24.2 Å². The van der Waals surface area contributed by atoms with Crippen molar-refractivity contribution in [3.05, 3.63) is 24.3 Å². The van der Waals surface area contributed by atoms with E-state index in [-0.39, 0.29) is 11.9 Å². The highest BCUT2D eigenvalue weighted by Crippen LogP contribution is 2.14. The van der Waals surface area contributed by atoms with Crippen LogP contribution < -0.4 is 16.0 Å². The summed E-state index contributed by atoms with van der Waals surface area (Å²) in [5.41, 5.74) is 7.30. The third-order valence-electron chi connectivity index (χ3n) is 2.16. The van der Waals surface area contributed by atoms with Crippen molar-refractivity contribution in [3.8, 4) is 0 Å². The van der Waals surface area contributed by atoms with Gasteiger partial charge in [0.15, 0.2) is 0 Å². The first kappa shape index (κ1) is 12.4. The van der Waals surface area contributed by atoms with Gasteiger partial charge in [-0.2, -0.15) is 0 Å². The molecule has 3 N–H and O–H groups in total. The second-order valence-corrected chi connectivity index (χ2v) is 4.17. The lowest BCUT2D eigenvalue weighted by Gasteiger charge is -2.19. The molecular weight excluding hydrogens is 202 g/mol. The predicted octanol–water partition coefficient (Wildman–Crippen LogP) is 1.23. The molecule has 1 aromatic rings. The van der Waals surface area contributed by atoms with Gasteiger partial charge in [0.1, 0.15) is 0 Å². The van der Waals surface area contributed by atoms with Crippen LogP contribution in [0.1, 0.15) is 13.8 Å². The standard InChI is InChI=1S/C12H19N3O/c1-9(2)14-12(16)8-15(3)11-6-4-10(13)5-7-11/h4-7,9H,8,13H2,1-3H3,(H,14,16). The summed E-state index contributed by atoms with van der Waals surface area (Å²) in [6.07, 6.45) is 0. The molecule has 1 aromatic carbocycles. The minimum absolute atomic E-state index is 0.0225. The number of rotatable bonds is 4. The molecule has 4 nitrogen and oxygen atoms in total. The first-order valence-corrected chi connectivity index (χ1v) is 5.35.